The number of benzene rings is 1. The van der Waals surface area contributed by atoms with Gasteiger partial charge in [-0.05, 0) is 58.8 Å². The Kier molecular flexibility index (Phi) is 6.29. The van der Waals surface area contributed by atoms with Gasteiger partial charge in [-0.3, -0.25) is 24.1 Å². The Morgan fingerprint density at radius 2 is 1.74 bits per heavy atom. The van der Waals surface area contributed by atoms with Gasteiger partial charge in [-0.15, -0.1) is 23.2 Å². The lowest BCUT2D eigenvalue weighted by Crippen LogP contribution is -2.38. The van der Waals surface area contributed by atoms with E-state index in [0.29, 0.717) is 27.2 Å². The molecule has 1 aromatic rings. The minimum absolute atomic E-state index is 0.164. The van der Waals surface area contributed by atoms with E-state index in [1.54, 1.807) is 19.1 Å². The van der Waals surface area contributed by atoms with Crippen LogP contribution in [0.15, 0.2) is 16.6 Å². The third-order valence-corrected chi connectivity index (χ3v) is 9.04. The average molecular weight is 553 g/mol. The van der Waals surface area contributed by atoms with Crippen LogP contribution in [0.4, 0.5) is 5.69 Å². The van der Waals surface area contributed by atoms with E-state index in [2.05, 4.69) is 21.2 Å². The number of alkyl halides is 2. The molecule has 2 saturated carbocycles. The molecule has 0 spiro atoms. The van der Waals surface area contributed by atoms with Gasteiger partial charge in [-0.2, -0.15) is 0 Å². The monoisotopic (exact) mass is 550 g/mol. The fourth-order valence-electron chi connectivity index (χ4n) is 4.86. The smallest absolute Gasteiger partial charge is 0.326 e. The molecule has 1 saturated heterocycles. The molecule has 3 aliphatic rings. The van der Waals surface area contributed by atoms with E-state index < -0.39 is 48.7 Å². The summed E-state index contributed by atoms with van der Waals surface area (Å²) in [6, 6.07) is 3.34. The van der Waals surface area contributed by atoms with Gasteiger partial charge in [0.1, 0.15) is 6.54 Å². The number of fused-ring (bicyclic) bond motifs is 5. The number of hydrogen-bond acceptors (Lipinski definition) is 5. The van der Waals surface area contributed by atoms with Gasteiger partial charge in [0.05, 0.1) is 27.6 Å². The maximum absolute atomic E-state index is 12.8. The highest BCUT2D eigenvalue weighted by atomic mass is 79.9. The van der Waals surface area contributed by atoms with Crippen LogP contribution < -0.4 is 5.32 Å². The zero-order valence-electron chi connectivity index (χ0n) is 16.2. The molecule has 3 fully saturated rings. The van der Waals surface area contributed by atoms with Crippen LogP contribution in [0.3, 0.4) is 0 Å². The number of likely N-dealkylation sites (tertiary alicyclic amines) is 1. The van der Waals surface area contributed by atoms with Crippen LogP contribution in [-0.4, -0.2) is 52.5 Å². The van der Waals surface area contributed by atoms with E-state index in [4.69, 9.17) is 39.5 Å². The maximum atomic E-state index is 12.8. The van der Waals surface area contributed by atoms with E-state index in [-0.39, 0.29) is 22.6 Å². The molecule has 2 bridgehead atoms. The van der Waals surface area contributed by atoms with E-state index in [1.807, 2.05) is 0 Å². The predicted octanol–water partition coefficient (Wildman–Crippen LogP) is 3.36. The summed E-state index contributed by atoms with van der Waals surface area (Å²) in [5.74, 6) is -3.64. The largest absolute Gasteiger partial charge is 0.454 e. The van der Waals surface area contributed by atoms with Crippen molar-refractivity contribution in [2.75, 3.05) is 18.5 Å². The zero-order valence-corrected chi connectivity index (χ0v) is 20.1. The minimum Gasteiger partial charge on any atom is -0.454 e. The van der Waals surface area contributed by atoms with E-state index in [0.717, 1.165) is 4.90 Å². The van der Waals surface area contributed by atoms with E-state index in [9.17, 15) is 19.2 Å². The number of rotatable bonds is 5. The highest BCUT2D eigenvalue weighted by Gasteiger charge is 2.66. The van der Waals surface area contributed by atoms with Crippen LogP contribution in [0.5, 0.6) is 0 Å². The molecule has 1 N–H and O–H groups in total. The zero-order chi connectivity index (χ0) is 22.6. The second kappa shape index (κ2) is 8.54. The summed E-state index contributed by atoms with van der Waals surface area (Å²) in [4.78, 5) is 50.8. The van der Waals surface area contributed by atoms with Crippen molar-refractivity contribution in [1.82, 2.24) is 4.90 Å². The van der Waals surface area contributed by atoms with Crippen molar-refractivity contribution in [1.29, 1.82) is 0 Å². The summed E-state index contributed by atoms with van der Waals surface area (Å²) in [5.41, 5.74) is 1.13. The first-order valence-corrected chi connectivity index (χ1v) is 11.7. The van der Waals surface area contributed by atoms with Gasteiger partial charge >= 0.3 is 5.97 Å². The van der Waals surface area contributed by atoms with Crippen LogP contribution >= 0.6 is 50.7 Å². The number of carbonyl (C=O) groups excluding carboxylic acids is 4. The molecule has 31 heavy (non-hydrogen) atoms. The molecular formula is C20H18BrCl3N2O5. The Morgan fingerprint density at radius 3 is 2.32 bits per heavy atom. The van der Waals surface area contributed by atoms with E-state index in [1.165, 1.54) is 0 Å². The van der Waals surface area contributed by atoms with Crippen molar-refractivity contribution >= 4 is 80.1 Å². The number of amides is 3. The molecule has 2 aliphatic carbocycles. The van der Waals surface area contributed by atoms with Crippen molar-refractivity contribution in [2.24, 2.45) is 23.7 Å². The summed E-state index contributed by atoms with van der Waals surface area (Å²) < 4.78 is 5.66. The molecule has 3 amide bonds. The van der Waals surface area contributed by atoms with Crippen LogP contribution in [-0.2, 0) is 23.9 Å². The Bertz CT molecular complexity index is 958. The number of halogens is 4. The van der Waals surface area contributed by atoms with Gasteiger partial charge in [-0.25, -0.2) is 0 Å². The number of nitrogens with one attached hydrogen (secondary N) is 1. The van der Waals surface area contributed by atoms with Crippen molar-refractivity contribution in [3.63, 3.8) is 0 Å². The van der Waals surface area contributed by atoms with Crippen molar-refractivity contribution in [3.05, 3.63) is 27.2 Å². The molecule has 0 aromatic heterocycles. The first-order valence-electron chi connectivity index (χ1n) is 9.65. The van der Waals surface area contributed by atoms with E-state index >= 15 is 0 Å². The lowest BCUT2D eigenvalue weighted by Gasteiger charge is -2.28. The number of imide groups is 1. The number of nitrogens with zero attached hydrogens (tertiary/aromatic N) is 1. The molecule has 1 heterocycles. The van der Waals surface area contributed by atoms with Crippen molar-refractivity contribution < 1.29 is 23.9 Å². The van der Waals surface area contributed by atoms with Gasteiger partial charge in [0.2, 0.25) is 11.8 Å². The summed E-state index contributed by atoms with van der Waals surface area (Å²) in [7, 11) is 0. The molecule has 1 aliphatic heterocycles. The van der Waals surface area contributed by atoms with Gasteiger partial charge < -0.3 is 10.1 Å². The van der Waals surface area contributed by atoms with Gasteiger partial charge in [0, 0.05) is 10.2 Å². The topological polar surface area (TPSA) is 92.8 Å². The second-order valence-electron chi connectivity index (χ2n) is 8.01. The third kappa shape index (κ3) is 3.86. The first-order chi connectivity index (χ1) is 14.6. The molecule has 1 aromatic carbocycles. The van der Waals surface area contributed by atoms with Crippen LogP contribution in [0.25, 0.3) is 0 Å². The van der Waals surface area contributed by atoms with Gasteiger partial charge in [0.25, 0.3) is 5.91 Å². The number of anilines is 1. The van der Waals surface area contributed by atoms with Crippen LogP contribution in [0.1, 0.15) is 12.0 Å². The highest BCUT2D eigenvalue weighted by Crippen LogP contribution is 2.59. The lowest BCUT2D eigenvalue weighted by atomic mass is 9.80. The summed E-state index contributed by atoms with van der Waals surface area (Å²) in [6.07, 6.45) is 0.646. The molecule has 7 nitrogen and oxygen atoms in total. The lowest BCUT2D eigenvalue weighted by molar-refractivity contribution is -0.154. The van der Waals surface area contributed by atoms with Crippen LogP contribution in [0, 0.1) is 30.6 Å². The Balaban J connectivity index is 1.33. The second-order valence-corrected chi connectivity index (χ2v) is 10.2. The molecule has 11 heteroatoms. The third-order valence-electron chi connectivity index (χ3n) is 6.34. The molecule has 0 radical (unpaired) electrons. The average Bonchev–Trinajstić information content (AvgIpc) is 3.33. The fourth-order valence-corrected chi connectivity index (χ4v) is 6.35. The van der Waals surface area contributed by atoms with Gasteiger partial charge in [-0.1, -0.05) is 11.6 Å². The number of esters is 1. The predicted molar refractivity (Wildman–Crippen MR) is 118 cm³/mol. The van der Waals surface area contributed by atoms with Crippen molar-refractivity contribution in [3.8, 4) is 0 Å². The summed E-state index contributed by atoms with van der Waals surface area (Å²) in [6.45, 7) is 0.633. The number of hydrogen-bond donors (Lipinski definition) is 1. The molecule has 166 valence electrons. The molecule has 0 unspecified atom stereocenters. The standard InChI is InChI=1S/C20H18BrCl3N2O5/c1-7-11(3-2-10(21)16(7)22)25-12(27)6-31-13(28)5-26-19(29)14-8-4-9(15(14)20(26)30)18(24)17(8)23/h2-3,8-9,14-15,17-18H,4-6H2,1H3,(H,25,27)/t8-,9-,14-,15-,17-,18+/m1/s1. The first kappa shape index (κ1) is 22.8. The maximum Gasteiger partial charge on any atom is 0.326 e. The number of ether oxygens (including phenoxy) is 1. The Morgan fingerprint density at radius 1 is 1.16 bits per heavy atom. The SMILES string of the molecule is Cc1c(NC(=O)COC(=O)CN2C(=O)[C@@H]3[C@H]4C[C@@H]([C@@H](Cl)[C@H]4Cl)[C@H]3C2=O)ccc(Br)c1Cl. The van der Waals surface area contributed by atoms with Crippen molar-refractivity contribution in [2.45, 2.75) is 24.1 Å². The van der Waals surface area contributed by atoms with Crippen LogP contribution in [0.2, 0.25) is 5.02 Å². The summed E-state index contributed by atoms with van der Waals surface area (Å²) in [5, 5.41) is 2.34. The quantitative estimate of drug-likeness (QED) is 0.344. The fraction of sp³-hybridized carbons (Fsp3) is 0.500. The molecule has 4 rings (SSSR count). The Hall–Kier alpha value is -1.35. The minimum atomic E-state index is -0.848. The molecule has 6 atom stereocenters. The normalized spacial score (nSPS) is 31.2. The Labute approximate surface area is 201 Å². The summed E-state index contributed by atoms with van der Waals surface area (Å²) >= 11 is 22.0. The number of carbonyl (C=O) groups is 4. The molecular weight excluding hydrogens is 534 g/mol. The van der Waals surface area contributed by atoms with Gasteiger partial charge in [0.15, 0.2) is 6.61 Å². The highest BCUT2D eigenvalue weighted by molar-refractivity contribution is 9.10.